The van der Waals surface area contributed by atoms with Gasteiger partial charge in [-0.1, -0.05) is 152 Å². The molecule has 0 bridgehead atoms. The third-order valence-corrected chi connectivity index (χ3v) is 11.9. The SMILES string of the molecule is c1cc(-c2cccc3oc4c5ccccc5ccc4c23)cc(N(c2ccc(-c3ccc4ccccc4c3)cc2)c2ccc(-c3cccc4c3oc3ccccc34)cc2)c1. The fourth-order valence-electron chi connectivity index (χ4n) is 8.99. The van der Waals surface area contributed by atoms with Gasteiger partial charge in [-0.3, -0.25) is 0 Å². The summed E-state index contributed by atoms with van der Waals surface area (Å²) in [5.74, 6) is 0. The minimum Gasteiger partial charge on any atom is -0.455 e. The van der Waals surface area contributed by atoms with Crippen LogP contribution < -0.4 is 4.90 Å². The van der Waals surface area contributed by atoms with Gasteiger partial charge in [-0.2, -0.15) is 0 Å². The van der Waals surface area contributed by atoms with Crippen LogP contribution in [0.4, 0.5) is 17.1 Å². The molecule has 12 aromatic rings. The van der Waals surface area contributed by atoms with Gasteiger partial charge in [0.2, 0.25) is 0 Å². The minimum atomic E-state index is 0.885. The zero-order valence-electron chi connectivity index (χ0n) is 32.0. The van der Waals surface area contributed by atoms with E-state index in [4.69, 9.17) is 8.83 Å². The van der Waals surface area contributed by atoms with Crippen molar-refractivity contribution in [1.29, 1.82) is 0 Å². The number of para-hydroxylation sites is 2. The highest BCUT2D eigenvalue weighted by Crippen LogP contribution is 2.43. The number of fused-ring (bicyclic) bond motifs is 9. The molecule has 2 aromatic heterocycles. The lowest BCUT2D eigenvalue weighted by Gasteiger charge is -2.26. The highest BCUT2D eigenvalue weighted by atomic mass is 16.3. The number of hydrogen-bond acceptors (Lipinski definition) is 3. The fraction of sp³-hybridized carbons (Fsp3) is 0. The van der Waals surface area contributed by atoms with Crippen molar-refractivity contribution >= 4 is 82.5 Å². The number of hydrogen-bond donors (Lipinski definition) is 0. The van der Waals surface area contributed by atoms with E-state index in [1.54, 1.807) is 0 Å². The Kier molecular flexibility index (Phi) is 7.54. The van der Waals surface area contributed by atoms with Crippen LogP contribution >= 0.6 is 0 Å². The van der Waals surface area contributed by atoms with Crippen molar-refractivity contribution in [2.24, 2.45) is 0 Å². The van der Waals surface area contributed by atoms with Crippen molar-refractivity contribution in [2.75, 3.05) is 4.90 Å². The first-order chi connectivity index (χ1) is 29.2. The van der Waals surface area contributed by atoms with Crippen molar-refractivity contribution in [2.45, 2.75) is 0 Å². The smallest absolute Gasteiger partial charge is 0.143 e. The summed E-state index contributed by atoms with van der Waals surface area (Å²) < 4.78 is 13.0. The van der Waals surface area contributed by atoms with Gasteiger partial charge in [0.1, 0.15) is 22.3 Å². The molecule has 12 rings (SSSR count). The van der Waals surface area contributed by atoms with Crippen LogP contribution in [0.1, 0.15) is 0 Å². The molecule has 0 saturated heterocycles. The summed E-state index contributed by atoms with van der Waals surface area (Å²) in [6, 6.07) is 75.7. The van der Waals surface area contributed by atoms with Crippen LogP contribution in [0.15, 0.2) is 221 Å². The van der Waals surface area contributed by atoms with Gasteiger partial charge in [0.25, 0.3) is 0 Å². The molecule has 0 fully saturated rings. The van der Waals surface area contributed by atoms with E-state index in [1.165, 1.54) is 27.3 Å². The first kappa shape index (κ1) is 33.3. The zero-order valence-corrected chi connectivity index (χ0v) is 32.0. The largest absolute Gasteiger partial charge is 0.455 e. The highest BCUT2D eigenvalue weighted by molar-refractivity contribution is 6.19. The summed E-state index contributed by atoms with van der Waals surface area (Å²) in [6.07, 6.45) is 0. The van der Waals surface area contributed by atoms with Crippen molar-refractivity contribution in [3.63, 3.8) is 0 Å². The quantitative estimate of drug-likeness (QED) is 0.169. The summed E-state index contributed by atoms with van der Waals surface area (Å²) in [5, 5.41) is 9.28. The first-order valence-corrected chi connectivity index (χ1v) is 20.1. The molecule has 10 aromatic carbocycles. The van der Waals surface area contributed by atoms with Crippen LogP contribution in [0.2, 0.25) is 0 Å². The maximum absolute atomic E-state index is 6.59. The Morgan fingerprint density at radius 3 is 1.75 bits per heavy atom. The summed E-state index contributed by atoms with van der Waals surface area (Å²) >= 11 is 0. The molecule has 0 saturated carbocycles. The Hall–Kier alpha value is -7.88. The van der Waals surface area contributed by atoms with Crippen molar-refractivity contribution < 1.29 is 8.83 Å². The second-order valence-electron chi connectivity index (χ2n) is 15.3. The summed E-state index contributed by atoms with van der Waals surface area (Å²) in [7, 11) is 0. The van der Waals surface area contributed by atoms with Gasteiger partial charge in [-0.25, -0.2) is 0 Å². The highest BCUT2D eigenvalue weighted by Gasteiger charge is 2.19. The van der Waals surface area contributed by atoms with E-state index in [-0.39, 0.29) is 0 Å². The molecule has 0 N–H and O–H groups in total. The van der Waals surface area contributed by atoms with Crippen molar-refractivity contribution in [3.8, 4) is 33.4 Å². The van der Waals surface area contributed by atoms with E-state index in [1.807, 2.05) is 12.1 Å². The average Bonchev–Trinajstić information content (AvgIpc) is 3.89. The molecule has 0 unspecified atom stereocenters. The lowest BCUT2D eigenvalue weighted by molar-refractivity contribution is 0.670. The van der Waals surface area contributed by atoms with Gasteiger partial charge >= 0.3 is 0 Å². The second-order valence-corrected chi connectivity index (χ2v) is 15.3. The molecule has 0 aliphatic carbocycles. The summed E-state index contributed by atoms with van der Waals surface area (Å²) in [6.45, 7) is 0. The van der Waals surface area contributed by atoms with Gasteiger partial charge in [-0.15, -0.1) is 0 Å². The predicted octanol–water partition coefficient (Wildman–Crippen LogP) is 16.3. The van der Waals surface area contributed by atoms with Gasteiger partial charge in [-0.05, 0) is 105 Å². The number of furan rings is 2. The Labute approximate surface area is 340 Å². The number of benzene rings is 10. The van der Waals surface area contributed by atoms with Gasteiger partial charge < -0.3 is 13.7 Å². The Balaban J connectivity index is 0.988. The van der Waals surface area contributed by atoms with Crippen LogP contribution in [-0.4, -0.2) is 0 Å². The lowest BCUT2D eigenvalue weighted by Crippen LogP contribution is -2.10. The topological polar surface area (TPSA) is 29.5 Å². The molecule has 3 nitrogen and oxygen atoms in total. The van der Waals surface area contributed by atoms with E-state index < -0.39 is 0 Å². The molecule has 0 radical (unpaired) electrons. The molecule has 2 heterocycles. The van der Waals surface area contributed by atoms with E-state index in [0.717, 1.165) is 88.6 Å². The van der Waals surface area contributed by atoms with E-state index in [9.17, 15) is 0 Å². The number of nitrogens with zero attached hydrogens (tertiary/aromatic N) is 1. The molecule has 0 atom stereocenters. The maximum atomic E-state index is 6.59. The first-order valence-electron chi connectivity index (χ1n) is 20.1. The molecule has 0 spiro atoms. The molecule has 0 aliphatic heterocycles. The Morgan fingerprint density at radius 2 is 0.898 bits per heavy atom. The maximum Gasteiger partial charge on any atom is 0.143 e. The van der Waals surface area contributed by atoms with Crippen LogP contribution in [-0.2, 0) is 0 Å². The van der Waals surface area contributed by atoms with Gasteiger partial charge in [0, 0.05) is 49.6 Å². The molecule has 3 heteroatoms. The second kappa shape index (κ2) is 13.4. The van der Waals surface area contributed by atoms with E-state index in [0.29, 0.717) is 0 Å². The third-order valence-electron chi connectivity index (χ3n) is 11.9. The van der Waals surface area contributed by atoms with Crippen LogP contribution in [0.3, 0.4) is 0 Å². The van der Waals surface area contributed by atoms with Crippen molar-refractivity contribution in [1.82, 2.24) is 0 Å². The average molecular weight is 754 g/mol. The molecule has 0 amide bonds. The standard InChI is InChI=1S/C56H35NO2/c1-2-12-40-34-41(23-22-36(40)10-1)37-24-29-43(30-25-37)57(44-31-26-39(27-32-44)48-18-8-19-50-49-16-5-6-20-52(49)58-55(48)50)45-14-7-13-42(35-45)46-17-9-21-53-54(46)51-33-28-38-11-3-4-15-47(38)56(51)59-53/h1-35H. The normalized spacial score (nSPS) is 11.7. The minimum absolute atomic E-state index is 0.885. The van der Waals surface area contributed by atoms with Crippen LogP contribution in [0.5, 0.6) is 0 Å². The van der Waals surface area contributed by atoms with Crippen LogP contribution in [0, 0.1) is 0 Å². The zero-order chi connectivity index (χ0) is 38.9. The molecule has 59 heavy (non-hydrogen) atoms. The van der Waals surface area contributed by atoms with E-state index >= 15 is 0 Å². The predicted molar refractivity (Wildman–Crippen MR) is 247 cm³/mol. The molecule has 276 valence electrons. The van der Waals surface area contributed by atoms with Gasteiger partial charge in [0.15, 0.2) is 0 Å². The number of anilines is 3. The third kappa shape index (κ3) is 5.51. The monoisotopic (exact) mass is 753 g/mol. The van der Waals surface area contributed by atoms with Gasteiger partial charge in [0.05, 0.1) is 0 Å². The number of rotatable bonds is 6. The van der Waals surface area contributed by atoms with E-state index in [2.05, 4.69) is 205 Å². The van der Waals surface area contributed by atoms with Crippen molar-refractivity contribution in [3.05, 3.63) is 212 Å². The lowest BCUT2D eigenvalue weighted by atomic mass is 9.97. The summed E-state index contributed by atoms with van der Waals surface area (Å²) in [5.41, 5.74) is 13.6. The van der Waals surface area contributed by atoms with Crippen LogP contribution in [0.25, 0.3) is 98.8 Å². The fourth-order valence-corrected chi connectivity index (χ4v) is 8.99. The molecular weight excluding hydrogens is 719 g/mol. The summed E-state index contributed by atoms with van der Waals surface area (Å²) in [4.78, 5) is 2.35. The Morgan fingerprint density at radius 1 is 0.288 bits per heavy atom. The molecular formula is C56H35NO2. The molecule has 0 aliphatic rings. The Bertz CT molecular complexity index is 3550.